The van der Waals surface area contributed by atoms with Gasteiger partial charge >= 0.3 is 5.97 Å². The van der Waals surface area contributed by atoms with Crippen LogP contribution in [0.4, 0.5) is 5.69 Å². The molecule has 0 bridgehead atoms. The van der Waals surface area contributed by atoms with Crippen molar-refractivity contribution in [1.82, 2.24) is 0 Å². The third-order valence-corrected chi connectivity index (χ3v) is 3.47. The molecule has 1 amide bonds. The summed E-state index contributed by atoms with van der Waals surface area (Å²) in [5.74, 6) is 0.538. The van der Waals surface area contributed by atoms with Crippen molar-refractivity contribution in [1.29, 1.82) is 0 Å². The molecule has 0 heterocycles. The average molecular weight is 373 g/mol. The molecule has 1 N–H and O–H groups in total. The van der Waals surface area contributed by atoms with Crippen molar-refractivity contribution in [2.75, 3.05) is 32.2 Å². The first kappa shape index (κ1) is 20.1. The van der Waals surface area contributed by atoms with Crippen LogP contribution in [0, 0.1) is 0 Å². The Kier molecular flexibility index (Phi) is 7.49. The Morgan fingerprint density at radius 1 is 0.963 bits per heavy atom. The second-order valence-electron chi connectivity index (χ2n) is 5.38. The highest BCUT2D eigenvalue weighted by Gasteiger charge is 2.14. The minimum atomic E-state index is -0.625. The van der Waals surface area contributed by atoms with E-state index in [2.05, 4.69) is 5.32 Å². The molecule has 2 aromatic carbocycles. The predicted octanol–water partition coefficient (Wildman–Crippen LogP) is 3.29. The van der Waals surface area contributed by atoms with E-state index in [0.29, 0.717) is 36.1 Å². The molecule has 0 aromatic heterocycles. The number of nitrogens with one attached hydrogen (secondary N) is 1. The van der Waals surface area contributed by atoms with Crippen LogP contribution in [0.25, 0.3) is 0 Å². The molecule has 27 heavy (non-hydrogen) atoms. The lowest BCUT2D eigenvalue weighted by molar-refractivity contribution is -0.119. The number of esters is 1. The van der Waals surface area contributed by atoms with Gasteiger partial charge in [-0.05, 0) is 44.2 Å². The van der Waals surface area contributed by atoms with Crippen LogP contribution < -0.4 is 19.5 Å². The first-order valence-electron chi connectivity index (χ1n) is 8.58. The van der Waals surface area contributed by atoms with Crippen LogP contribution in [-0.2, 0) is 9.53 Å². The first-order valence-corrected chi connectivity index (χ1v) is 8.58. The molecule has 2 rings (SSSR count). The highest BCUT2D eigenvalue weighted by molar-refractivity contribution is 5.95. The van der Waals surface area contributed by atoms with E-state index in [9.17, 15) is 9.59 Å². The monoisotopic (exact) mass is 373 g/mol. The van der Waals surface area contributed by atoms with Crippen LogP contribution >= 0.6 is 0 Å². The number of rotatable bonds is 9. The predicted molar refractivity (Wildman–Crippen MR) is 101 cm³/mol. The van der Waals surface area contributed by atoms with Crippen molar-refractivity contribution >= 4 is 17.6 Å². The number of hydrogen-bond donors (Lipinski definition) is 1. The molecule has 7 nitrogen and oxygen atoms in total. The van der Waals surface area contributed by atoms with Crippen LogP contribution in [0.5, 0.6) is 17.2 Å². The summed E-state index contributed by atoms with van der Waals surface area (Å²) in [5.41, 5.74) is 0.825. The first-order chi connectivity index (χ1) is 13.1. The Morgan fingerprint density at radius 2 is 1.70 bits per heavy atom. The van der Waals surface area contributed by atoms with Crippen molar-refractivity contribution in [3.63, 3.8) is 0 Å². The van der Waals surface area contributed by atoms with Gasteiger partial charge in [0, 0.05) is 11.8 Å². The van der Waals surface area contributed by atoms with Crippen molar-refractivity contribution in [2.45, 2.75) is 13.8 Å². The summed E-state index contributed by atoms with van der Waals surface area (Å²) in [5, 5.41) is 2.64. The molecule has 0 radical (unpaired) electrons. The maximum absolute atomic E-state index is 12.2. The SMILES string of the molecule is CCOc1ccc(C(=O)OCC(=O)Nc2cccc(OC)c2)cc1OCC. The van der Waals surface area contributed by atoms with E-state index in [1.807, 2.05) is 13.8 Å². The van der Waals surface area contributed by atoms with Gasteiger partial charge in [0.25, 0.3) is 5.91 Å². The molecule has 0 spiro atoms. The highest BCUT2D eigenvalue weighted by atomic mass is 16.5. The molecule has 0 atom stereocenters. The molecule has 0 fully saturated rings. The maximum Gasteiger partial charge on any atom is 0.338 e. The van der Waals surface area contributed by atoms with Gasteiger partial charge in [-0.2, -0.15) is 0 Å². The third kappa shape index (κ3) is 5.91. The molecule has 0 aliphatic carbocycles. The zero-order valence-corrected chi connectivity index (χ0v) is 15.6. The Bertz CT molecular complexity index is 790. The number of hydrogen-bond acceptors (Lipinski definition) is 6. The number of amides is 1. The lowest BCUT2D eigenvalue weighted by Gasteiger charge is -2.12. The summed E-state index contributed by atoms with van der Waals surface area (Å²) in [6.45, 7) is 4.20. The third-order valence-electron chi connectivity index (χ3n) is 3.47. The second kappa shape index (κ2) is 10.1. The lowest BCUT2D eigenvalue weighted by Crippen LogP contribution is -2.21. The second-order valence-corrected chi connectivity index (χ2v) is 5.38. The summed E-state index contributed by atoms with van der Waals surface area (Å²) in [7, 11) is 1.54. The smallest absolute Gasteiger partial charge is 0.338 e. The van der Waals surface area contributed by atoms with Gasteiger partial charge in [0.2, 0.25) is 0 Å². The van der Waals surface area contributed by atoms with E-state index in [0.717, 1.165) is 0 Å². The van der Waals surface area contributed by atoms with E-state index >= 15 is 0 Å². The summed E-state index contributed by atoms with van der Waals surface area (Å²) in [6, 6.07) is 11.6. The number of ether oxygens (including phenoxy) is 4. The molecule has 2 aromatic rings. The summed E-state index contributed by atoms with van der Waals surface area (Å²) < 4.78 is 21.1. The van der Waals surface area contributed by atoms with Crippen LogP contribution in [0.2, 0.25) is 0 Å². The topological polar surface area (TPSA) is 83.1 Å². The van der Waals surface area contributed by atoms with Gasteiger partial charge in [0.15, 0.2) is 18.1 Å². The number of carbonyl (C=O) groups is 2. The number of benzene rings is 2. The quantitative estimate of drug-likeness (QED) is 0.679. The maximum atomic E-state index is 12.2. The fourth-order valence-corrected chi connectivity index (χ4v) is 2.29. The number of anilines is 1. The minimum absolute atomic E-state index is 0.274. The number of methoxy groups -OCH3 is 1. The van der Waals surface area contributed by atoms with Crippen molar-refractivity contribution in [3.8, 4) is 17.2 Å². The van der Waals surface area contributed by atoms with E-state index in [1.54, 1.807) is 36.4 Å². The Hall–Kier alpha value is -3.22. The van der Waals surface area contributed by atoms with Crippen LogP contribution in [-0.4, -0.2) is 38.8 Å². The van der Waals surface area contributed by atoms with Gasteiger partial charge < -0.3 is 24.3 Å². The van der Waals surface area contributed by atoms with E-state index in [4.69, 9.17) is 18.9 Å². The molecule has 0 aliphatic rings. The van der Waals surface area contributed by atoms with Gasteiger partial charge in [0.05, 0.1) is 25.9 Å². The van der Waals surface area contributed by atoms with E-state index in [-0.39, 0.29) is 5.56 Å². The molecule has 0 saturated heterocycles. The van der Waals surface area contributed by atoms with Crippen molar-refractivity contribution in [3.05, 3.63) is 48.0 Å². The summed E-state index contributed by atoms with van der Waals surface area (Å²) in [6.07, 6.45) is 0. The van der Waals surface area contributed by atoms with Gasteiger partial charge in [-0.3, -0.25) is 4.79 Å². The lowest BCUT2D eigenvalue weighted by atomic mass is 10.2. The van der Waals surface area contributed by atoms with Crippen LogP contribution in [0.3, 0.4) is 0 Å². The largest absolute Gasteiger partial charge is 0.497 e. The molecular weight excluding hydrogens is 350 g/mol. The molecular formula is C20H23NO6. The Balaban J connectivity index is 1.96. The van der Waals surface area contributed by atoms with Crippen molar-refractivity contribution < 1.29 is 28.5 Å². The van der Waals surface area contributed by atoms with Gasteiger partial charge in [-0.1, -0.05) is 6.07 Å². The molecule has 7 heteroatoms. The van der Waals surface area contributed by atoms with E-state index < -0.39 is 18.5 Å². The zero-order chi connectivity index (χ0) is 19.6. The van der Waals surface area contributed by atoms with E-state index in [1.165, 1.54) is 13.2 Å². The fourth-order valence-electron chi connectivity index (χ4n) is 2.29. The zero-order valence-electron chi connectivity index (χ0n) is 15.6. The van der Waals surface area contributed by atoms with Gasteiger partial charge in [0.1, 0.15) is 5.75 Å². The fraction of sp³-hybridized carbons (Fsp3) is 0.300. The average Bonchev–Trinajstić information content (AvgIpc) is 2.68. The number of carbonyl (C=O) groups excluding carboxylic acids is 2. The van der Waals surface area contributed by atoms with Crippen LogP contribution in [0.1, 0.15) is 24.2 Å². The summed E-state index contributed by atoms with van der Waals surface area (Å²) in [4.78, 5) is 24.2. The van der Waals surface area contributed by atoms with Crippen LogP contribution in [0.15, 0.2) is 42.5 Å². The summed E-state index contributed by atoms with van der Waals surface area (Å²) >= 11 is 0. The molecule has 144 valence electrons. The standard InChI is InChI=1S/C20H23NO6/c1-4-25-17-10-9-14(11-18(17)26-5-2)20(23)27-13-19(22)21-15-7-6-8-16(12-15)24-3/h6-12H,4-5,13H2,1-3H3,(H,21,22). The van der Waals surface area contributed by atoms with Gasteiger partial charge in [-0.15, -0.1) is 0 Å². The van der Waals surface area contributed by atoms with Gasteiger partial charge in [-0.25, -0.2) is 4.79 Å². The molecule has 0 saturated carbocycles. The normalized spacial score (nSPS) is 10.0. The Morgan fingerprint density at radius 3 is 2.41 bits per heavy atom. The van der Waals surface area contributed by atoms with Crippen molar-refractivity contribution in [2.24, 2.45) is 0 Å². The highest BCUT2D eigenvalue weighted by Crippen LogP contribution is 2.28. The Labute approximate surface area is 158 Å². The minimum Gasteiger partial charge on any atom is -0.497 e. The molecule has 0 aliphatic heterocycles. The molecule has 0 unspecified atom stereocenters.